The van der Waals surface area contributed by atoms with Crippen LogP contribution in [-0.4, -0.2) is 37.8 Å². The van der Waals surface area contributed by atoms with Gasteiger partial charge >= 0.3 is 5.97 Å². The lowest BCUT2D eigenvalue weighted by Gasteiger charge is -2.18. The van der Waals surface area contributed by atoms with E-state index in [-0.39, 0.29) is 5.97 Å². The maximum Gasteiger partial charge on any atom is 0.327 e. The molecule has 112 valence electrons. The van der Waals surface area contributed by atoms with Gasteiger partial charge in [-0.3, -0.25) is 10.3 Å². The highest BCUT2D eigenvalue weighted by molar-refractivity contribution is 5.88. The van der Waals surface area contributed by atoms with Crippen LogP contribution in [0.25, 0.3) is 10.9 Å². The highest BCUT2D eigenvalue weighted by Crippen LogP contribution is 2.23. The van der Waals surface area contributed by atoms with Gasteiger partial charge < -0.3 is 9.47 Å². The molecule has 2 aromatic rings. The van der Waals surface area contributed by atoms with E-state index in [4.69, 9.17) is 9.47 Å². The molecule has 1 aromatic heterocycles. The molecule has 0 fully saturated rings. The third-order valence-corrected chi connectivity index (χ3v) is 3.15. The van der Waals surface area contributed by atoms with Crippen LogP contribution in [0.1, 0.15) is 18.5 Å². The number of nitrogens with zero attached hydrogens (tertiary/aromatic N) is 1. The van der Waals surface area contributed by atoms with E-state index in [0.717, 1.165) is 16.5 Å². The second kappa shape index (κ2) is 7.71. The lowest BCUT2D eigenvalue weighted by Crippen LogP contribution is -2.32. The van der Waals surface area contributed by atoms with Gasteiger partial charge in [0.25, 0.3) is 0 Å². The Kier molecular flexibility index (Phi) is 5.66. The number of hydrogen-bond acceptors (Lipinski definition) is 5. The minimum atomic E-state index is -0.543. The zero-order valence-electron chi connectivity index (χ0n) is 12.3. The molecule has 0 aliphatic heterocycles. The SMILES string of the molecule is CCOC(=O)C(NCCOC)c1cccc2cccnc12. The van der Waals surface area contributed by atoms with Crippen molar-refractivity contribution in [3.8, 4) is 0 Å². The second-order valence-electron chi connectivity index (χ2n) is 4.55. The standard InChI is InChI=1S/C16H20N2O3/c1-3-21-16(19)15(18-10-11-20-2)13-8-4-6-12-7-5-9-17-14(12)13/h4-9,15,18H,3,10-11H2,1-2H3. The van der Waals surface area contributed by atoms with E-state index in [9.17, 15) is 4.79 Å². The van der Waals surface area contributed by atoms with Gasteiger partial charge in [0.2, 0.25) is 0 Å². The summed E-state index contributed by atoms with van der Waals surface area (Å²) in [7, 11) is 1.63. The molecule has 0 bridgehead atoms. The molecule has 2 rings (SSSR count). The summed E-state index contributed by atoms with van der Waals surface area (Å²) >= 11 is 0. The molecule has 0 aliphatic carbocycles. The predicted molar refractivity (Wildman–Crippen MR) is 81.0 cm³/mol. The highest BCUT2D eigenvalue weighted by Gasteiger charge is 2.23. The number of hydrogen-bond donors (Lipinski definition) is 1. The van der Waals surface area contributed by atoms with Crippen molar-refractivity contribution in [2.45, 2.75) is 13.0 Å². The largest absolute Gasteiger partial charge is 0.465 e. The average Bonchev–Trinajstić information content (AvgIpc) is 2.51. The maximum atomic E-state index is 12.2. The number of esters is 1. The van der Waals surface area contributed by atoms with Gasteiger partial charge in [-0.25, -0.2) is 4.79 Å². The summed E-state index contributed by atoms with van der Waals surface area (Å²) in [6, 6.07) is 9.11. The fourth-order valence-corrected chi connectivity index (χ4v) is 2.21. The molecule has 0 spiro atoms. The molecule has 0 saturated heterocycles. The van der Waals surface area contributed by atoms with E-state index in [0.29, 0.717) is 19.8 Å². The van der Waals surface area contributed by atoms with Crippen LogP contribution in [-0.2, 0) is 14.3 Å². The zero-order valence-corrected chi connectivity index (χ0v) is 12.3. The van der Waals surface area contributed by atoms with Crippen molar-refractivity contribution < 1.29 is 14.3 Å². The van der Waals surface area contributed by atoms with E-state index in [1.54, 1.807) is 20.2 Å². The van der Waals surface area contributed by atoms with Crippen LogP contribution in [0, 0.1) is 0 Å². The van der Waals surface area contributed by atoms with E-state index < -0.39 is 6.04 Å². The number of carbonyl (C=O) groups is 1. The summed E-state index contributed by atoms with van der Waals surface area (Å²) in [4.78, 5) is 16.6. The molecule has 0 aliphatic rings. The molecule has 1 atom stereocenters. The van der Waals surface area contributed by atoms with Gasteiger partial charge in [-0.05, 0) is 13.0 Å². The lowest BCUT2D eigenvalue weighted by molar-refractivity contribution is -0.145. The Balaban J connectivity index is 2.35. The number of nitrogens with one attached hydrogen (secondary N) is 1. The third kappa shape index (κ3) is 3.77. The average molecular weight is 288 g/mol. The minimum Gasteiger partial charge on any atom is -0.465 e. The fourth-order valence-electron chi connectivity index (χ4n) is 2.21. The molecule has 1 N–H and O–H groups in total. The first-order valence-electron chi connectivity index (χ1n) is 7.00. The summed E-state index contributed by atoms with van der Waals surface area (Å²) in [5, 5.41) is 4.17. The minimum absolute atomic E-state index is 0.299. The van der Waals surface area contributed by atoms with Gasteiger partial charge in [-0.15, -0.1) is 0 Å². The van der Waals surface area contributed by atoms with Crippen molar-refractivity contribution in [3.63, 3.8) is 0 Å². The molecule has 0 amide bonds. The van der Waals surface area contributed by atoms with Crippen LogP contribution >= 0.6 is 0 Å². The first-order chi connectivity index (χ1) is 10.3. The summed E-state index contributed by atoms with van der Waals surface area (Å²) in [6.07, 6.45) is 1.73. The summed E-state index contributed by atoms with van der Waals surface area (Å²) < 4.78 is 10.2. The number of benzene rings is 1. The molecule has 21 heavy (non-hydrogen) atoms. The monoisotopic (exact) mass is 288 g/mol. The second-order valence-corrected chi connectivity index (χ2v) is 4.55. The van der Waals surface area contributed by atoms with Crippen molar-refractivity contribution in [1.29, 1.82) is 0 Å². The Morgan fingerprint density at radius 1 is 1.33 bits per heavy atom. The van der Waals surface area contributed by atoms with Crippen molar-refractivity contribution in [3.05, 3.63) is 42.1 Å². The highest BCUT2D eigenvalue weighted by atomic mass is 16.5. The number of rotatable bonds is 7. The molecule has 0 saturated carbocycles. The Labute approximate surface area is 124 Å². The van der Waals surface area contributed by atoms with Gasteiger partial charge in [-0.1, -0.05) is 24.3 Å². The number of carbonyl (C=O) groups excluding carboxylic acids is 1. The van der Waals surface area contributed by atoms with Gasteiger partial charge in [-0.2, -0.15) is 0 Å². The van der Waals surface area contributed by atoms with Crippen molar-refractivity contribution >= 4 is 16.9 Å². The van der Waals surface area contributed by atoms with E-state index >= 15 is 0 Å². The fraction of sp³-hybridized carbons (Fsp3) is 0.375. The van der Waals surface area contributed by atoms with E-state index in [1.807, 2.05) is 30.3 Å². The molecular formula is C16H20N2O3. The summed E-state index contributed by atoms with van der Waals surface area (Å²) in [6.45, 7) is 3.22. The number of methoxy groups -OCH3 is 1. The van der Waals surface area contributed by atoms with Gasteiger partial charge in [0.1, 0.15) is 6.04 Å². The van der Waals surface area contributed by atoms with Crippen LogP contribution in [0.4, 0.5) is 0 Å². The van der Waals surface area contributed by atoms with Crippen molar-refractivity contribution in [2.24, 2.45) is 0 Å². The van der Waals surface area contributed by atoms with Crippen molar-refractivity contribution in [1.82, 2.24) is 10.3 Å². The smallest absolute Gasteiger partial charge is 0.327 e. The molecule has 0 radical (unpaired) electrons. The molecule has 1 aromatic carbocycles. The zero-order chi connectivity index (χ0) is 15.1. The number of ether oxygens (including phenoxy) is 2. The quantitative estimate of drug-likeness (QED) is 0.624. The first kappa shape index (κ1) is 15.4. The topological polar surface area (TPSA) is 60.5 Å². The molecular weight excluding hydrogens is 268 g/mol. The van der Waals surface area contributed by atoms with Crippen LogP contribution in [0.3, 0.4) is 0 Å². The molecule has 1 heterocycles. The van der Waals surface area contributed by atoms with Crippen LogP contribution in [0.2, 0.25) is 0 Å². The molecule has 1 unspecified atom stereocenters. The Bertz CT molecular complexity index is 596. The number of aromatic nitrogens is 1. The molecule has 5 nitrogen and oxygen atoms in total. The summed E-state index contributed by atoms with van der Waals surface area (Å²) in [5.74, 6) is -0.299. The van der Waals surface area contributed by atoms with Crippen LogP contribution in [0.15, 0.2) is 36.5 Å². The Morgan fingerprint density at radius 3 is 2.90 bits per heavy atom. The number of para-hydroxylation sites is 1. The van der Waals surface area contributed by atoms with Crippen LogP contribution < -0.4 is 5.32 Å². The lowest BCUT2D eigenvalue weighted by atomic mass is 10.0. The van der Waals surface area contributed by atoms with Crippen molar-refractivity contribution in [2.75, 3.05) is 26.9 Å². The molecule has 5 heteroatoms. The first-order valence-corrected chi connectivity index (χ1v) is 7.00. The Morgan fingerprint density at radius 2 is 2.14 bits per heavy atom. The van der Waals surface area contributed by atoms with Crippen LogP contribution in [0.5, 0.6) is 0 Å². The third-order valence-electron chi connectivity index (χ3n) is 3.15. The Hall–Kier alpha value is -1.98. The van der Waals surface area contributed by atoms with Gasteiger partial charge in [0.05, 0.1) is 18.7 Å². The number of fused-ring (bicyclic) bond motifs is 1. The maximum absolute atomic E-state index is 12.2. The van der Waals surface area contributed by atoms with Gasteiger partial charge in [0.15, 0.2) is 0 Å². The van der Waals surface area contributed by atoms with Gasteiger partial charge in [0, 0.05) is 30.8 Å². The normalized spacial score (nSPS) is 12.3. The van der Waals surface area contributed by atoms with E-state index in [1.165, 1.54) is 0 Å². The predicted octanol–water partition coefficient (Wildman–Crippen LogP) is 2.07. The summed E-state index contributed by atoms with van der Waals surface area (Å²) in [5.41, 5.74) is 1.63. The van der Waals surface area contributed by atoms with E-state index in [2.05, 4.69) is 10.3 Å². The number of pyridine rings is 1.